The van der Waals surface area contributed by atoms with Gasteiger partial charge in [0.15, 0.2) is 0 Å². The Morgan fingerprint density at radius 1 is 1.25 bits per heavy atom. The molecule has 1 unspecified atom stereocenters. The summed E-state index contributed by atoms with van der Waals surface area (Å²) in [5.74, 6) is 1.25. The molecular weight excluding hydrogens is 203 g/mol. The molecule has 0 bridgehead atoms. The lowest BCUT2D eigenvalue weighted by Gasteiger charge is -2.23. The lowest BCUT2D eigenvalue weighted by Crippen LogP contribution is -2.16. The zero-order chi connectivity index (χ0) is 11.0. The summed E-state index contributed by atoms with van der Waals surface area (Å²) in [5.41, 5.74) is 1.16. The lowest BCUT2D eigenvalue weighted by molar-refractivity contribution is 0.479. The Morgan fingerprint density at radius 3 is 2.88 bits per heavy atom. The third kappa shape index (κ3) is 1.52. The van der Waals surface area contributed by atoms with Crippen LogP contribution >= 0.6 is 0 Å². The van der Waals surface area contributed by atoms with Crippen LogP contribution in [0.5, 0.6) is 0 Å². The van der Waals surface area contributed by atoms with Crippen molar-refractivity contribution in [2.45, 2.75) is 25.3 Å². The van der Waals surface area contributed by atoms with Crippen LogP contribution in [-0.4, -0.2) is 9.55 Å². The SMILES string of the molecule is Fc1ccc(C2CCCn3ccnc32)cc1. The highest BCUT2D eigenvalue weighted by molar-refractivity contribution is 5.27. The zero-order valence-electron chi connectivity index (χ0n) is 8.94. The van der Waals surface area contributed by atoms with E-state index in [2.05, 4.69) is 9.55 Å². The Labute approximate surface area is 93.7 Å². The number of hydrogen-bond acceptors (Lipinski definition) is 1. The standard InChI is InChI=1S/C13H13FN2/c14-11-5-3-10(4-6-11)12-2-1-8-16-9-7-15-13(12)16/h3-7,9,12H,1-2,8H2. The van der Waals surface area contributed by atoms with Crippen LogP contribution in [0.4, 0.5) is 4.39 Å². The average Bonchev–Trinajstić information content (AvgIpc) is 2.78. The number of nitrogens with zero attached hydrogens (tertiary/aromatic N) is 2. The van der Waals surface area contributed by atoms with Gasteiger partial charge in [0.2, 0.25) is 0 Å². The van der Waals surface area contributed by atoms with E-state index >= 15 is 0 Å². The van der Waals surface area contributed by atoms with Crippen LogP contribution in [-0.2, 0) is 6.54 Å². The van der Waals surface area contributed by atoms with Crippen molar-refractivity contribution in [3.8, 4) is 0 Å². The highest BCUT2D eigenvalue weighted by atomic mass is 19.1. The van der Waals surface area contributed by atoms with Crippen molar-refractivity contribution >= 4 is 0 Å². The summed E-state index contributed by atoms with van der Waals surface area (Å²) in [6.07, 6.45) is 6.12. The van der Waals surface area contributed by atoms with Crippen molar-refractivity contribution in [1.82, 2.24) is 9.55 Å². The molecule has 1 atom stereocenters. The maximum Gasteiger partial charge on any atom is 0.123 e. The third-order valence-electron chi connectivity index (χ3n) is 3.22. The van der Waals surface area contributed by atoms with Crippen molar-refractivity contribution in [2.24, 2.45) is 0 Å². The van der Waals surface area contributed by atoms with Gasteiger partial charge in [0, 0.05) is 24.9 Å². The molecular formula is C13H13FN2. The number of aryl methyl sites for hydroxylation is 1. The molecule has 0 aliphatic carbocycles. The smallest absolute Gasteiger partial charge is 0.123 e. The Balaban J connectivity index is 2.00. The summed E-state index contributed by atoms with van der Waals surface area (Å²) >= 11 is 0. The molecule has 0 saturated carbocycles. The summed E-state index contributed by atoms with van der Waals surface area (Å²) in [7, 11) is 0. The van der Waals surface area contributed by atoms with Gasteiger partial charge in [-0.2, -0.15) is 0 Å². The van der Waals surface area contributed by atoms with Crippen molar-refractivity contribution in [1.29, 1.82) is 0 Å². The highest BCUT2D eigenvalue weighted by Gasteiger charge is 2.22. The van der Waals surface area contributed by atoms with Gasteiger partial charge in [-0.1, -0.05) is 12.1 Å². The zero-order valence-corrected chi connectivity index (χ0v) is 8.94. The van der Waals surface area contributed by atoms with Gasteiger partial charge in [0.25, 0.3) is 0 Å². The molecule has 82 valence electrons. The minimum atomic E-state index is -0.178. The van der Waals surface area contributed by atoms with E-state index in [1.54, 1.807) is 0 Å². The first-order valence-electron chi connectivity index (χ1n) is 5.61. The van der Waals surface area contributed by atoms with Gasteiger partial charge in [-0.25, -0.2) is 9.37 Å². The summed E-state index contributed by atoms with van der Waals surface area (Å²) in [6, 6.07) is 6.78. The first-order valence-corrected chi connectivity index (χ1v) is 5.61. The summed E-state index contributed by atoms with van der Waals surface area (Å²) < 4.78 is 15.1. The second-order valence-corrected chi connectivity index (χ2v) is 4.23. The summed E-state index contributed by atoms with van der Waals surface area (Å²) in [4.78, 5) is 4.41. The Morgan fingerprint density at radius 2 is 2.06 bits per heavy atom. The number of hydrogen-bond donors (Lipinski definition) is 0. The molecule has 0 spiro atoms. The topological polar surface area (TPSA) is 17.8 Å². The van der Waals surface area contributed by atoms with Crippen LogP contribution in [0.2, 0.25) is 0 Å². The molecule has 1 aliphatic rings. The van der Waals surface area contributed by atoms with Gasteiger partial charge >= 0.3 is 0 Å². The van der Waals surface area contributed by atoms with Crippen LogP contribution < -0.4 is 0 Å². The van der Waals surface area contributed by atoms with E-state index in [1.165, 1.54) is 12.1 Å². The molecule has 3 heteroatoms. The molecule has 0 radical (unpaired) electrons. The van der Waals surface area contributed by atoms with Crippen molar-refractivity contribution in [2.75, 3.05) is 0 Å². The Bertz CT molecular complexity index is 487. The van der Waals surface area contributed by atoms with Gasteiger partial charge in [0.05, 0.1) is 0 Å². The molecule has 2 aromatic rings. The highest BCUT2D eigenvalue weighted by Crippen LogP contribution is 2.31. The molecule has 2 heterocycles. The van der Waals surface area contributed by atoms with Crippen LogP contribution in [0.25, 0.3) is 0 Å². The molecule has 3 rings (SSSR count). The maximum absolute atomic E-state index is 12.9. The number of imidazole rings is 1. The average molecular weight is 216 g/mol. The number of aromatic nitrogens is 2. The summed E-state index contributed by atoms with van der Waals surface area (Å²) in [5, 5.41) is 0. The molecule has 1 aromatic heterocycles. The molecule has 16 heavy (non-hydrogen) atoms. The van der Waals surface area contributed by atoms with Crippen LogP contribution in [0.15, 0.2) is 36.7 Å². The predicted octanol–water partition coefficient (Wildman–Crippen LogP) is 2.95. The molecule has 0 amide bonds. The summed E-state index contributed by atoms with van der Waals surface area (Å²) in [6.45, 7) is 1.05. The molecule has 1 aromatic carbocycles. The van der Waals surface area contributed by atoms with Crippen molar-refractivity contribution in [3.05, 3.63) is 53.9 Å². The number of fused-ring (bicyclic) bond motifs is 1. The number of halogens is 1. The molecule has 0 saturated heterocycles. The van der Waals surface area contributed by atoms with Crippen LogP contribution in [0.1, 0.15) is 30.1 Å². The number of benzene rings is 1. The Hall–Kier alpha value is -1.64. The lowest BCUT2D eigenvalue weighted by atomic mass is 9.91. The first-order chi connectivity index (χ1) is 7.84. The fraction of sp³-hybridized carbons (Fsp3) is 0.308. The normalized spacial score (nSPS) is 19.4. The maximum atomic E-state index is 12.9. The van der Waals surface area contributed by atoms with E-state index in [-0.39, 0.29) is 5.82 Å². The van der Waals surface area contributed by atoms with E-state index < -0.39 is 0 Å². The largest absolute Gasteiger partial charge is 0.334 e. The third-order valence-corrected chi connectivity index (χ3v) is 3.22. The van der Waals surface area contributed by atoms with E-state index in [0.29, 0.717) is 5.92 Å². The molecule has 0 fully saturated rings. The van der Waals surface area contributed by atoms with Gasteiger partial charge in [-0.05, 0) is 30.5 Å². The van der Waals surface area contributed by atoms with Crippen molar-refractivity contribution in [3.63, 3.8) is 0 Å². The van der Waals surface area contributed by atoms with Gasteiger partial charge < -0.3 is 4.57 Å². The van der Waals surface area contributed by atoms with Gasteiger partial charge in [-0.3, -0.25) is 0 Å². The second kappa shape index (κ2) is 3.74. The van der Waals surface area contributed by atoms with Crippen LogP contribution in [0.3, 0.4) is 0 Å². The molecule has 1 aliphatic heterocycles. The first kappa shape index (κ1) is 9.58. The van der Waals surface area contributed by atoms with E-state index in [0.717, 1.165) is 30.8 Å². The molecule has 0 N–H and O–H groups in total. The van der Waals surface area contributed by atoms with Gasteiger partial charge in [-0.15, -0.1) is 0 Å². The molecule has 2 nitrogen and oxygen atoms in total. The monoisotopic (exact) mass is 216 g/mol. The van der Waals surface area contributed by atoms with E-state index in [9.17, 15) is 4.39 Å². The second-order valence-electron chi connectivity index (χ2n) is 4.23. The van der Waals surface area contributed by atoms with E-state index in [4.69, 9.17) is 0 Å². The minimum absolute atomic E-state index is 0.178. The van der Waals surface area contributed by atoms with Crippen LogP contribution in [0, 0.1) is 5.82 Å². The number of rotatable bonds is 1. The van der Waals surface area contributed by atoms with Gasteiger partial charge in [0.1, 0.15) is 11.6 Å². The fourth-order valence-electron chi connectivity index (χ4n) is 2.43. The van der Waals surface area contributed by atoms with E-state index in [1.807, 2.05) is 24.5 Å². The minimum Gasteiger partial charge on any atom is -0.334 e. The van der Waals surface area contributed by atoms with Crippen molar-refractivity contribution < 1.29 is 4.39 Å². The quantitative estimate of drug-likeness (QED) is 0.716. The fourth-order valence-corrected chi connectivity index (χ4v) is 2.43. The predicted molar refractivity (Wildman–Crippen MR) is 59.7 cm³/mol. The Kier molecular flexibility index (Phi) is 2.24.